The first-order valence-electron chi connectivity index (χ1n) is 5.62. The highest BCUT2D eigenvalue weighted by molar-refractivity contribution is 7.09. The Hall–Kier alpha value is -1.72. The minimum absolute atomic E-state index is 0.165. The number of rotatable bonds is 5. The number of carbonyl (C=O) groups is 1. The van der Waals surface area contributed by atoms with Crippen molar-refractivity contribution < 1.29 is 9.90 Å². The monoisotopic (exact) mass is 262 g/mol. The van der Waals surface area contributed by atoms with Crippen molar-refractivity contribution in [2.24, 2.45) is 0 Å². The molecule has 0 aliphatic rings. The van der Waals surface area contributed by atoms with Crippen LogP contribution in [0.5, 0.6) is 0 Å². The second-order valence-corrected chi connectivity index (χ2v) is 4.90. The summed E-state index contributed by atoms with van der Waals surface area (Å²) >= 11 is 1.61. The molecule has 0 radical (unpaired) electrons. The summed E-state index contributed by atoms with van der Waals surface area (Å²) in [6.07, 6.45) is 1.78. The van der Waals surface area contributed by atoms with Crippen LogP contribution >= 0.6 is 11.3 Å². The molecule has 1 unspecified atom stereocenters. The Bertz CT molecular complexity index is 526. The van der Waals surface area contributed by atoms with Gasteiger partial charge in [0, 0.05) is 18.1 Å². The van der Waals surface area contributed by atoms with E-state index >= 15 is 0 Å². The summed E-state index contributed by atoms with van der Waals surface area (Å²) in [6.45, 7) is 2.67. The molecule has 4 nitrogen and oxygen atoms in total. The van der Waals surface area contributed by atoms with Crippen molar-refractivity contribution in [3.8, 4) is 0 Å². The van der Waals surface area contributed by atoms with Crippen LogP contribution in [0.3, 0.4) is 0 Å². The van der Waals surface area contributed by atoms with E-state index in [0.717, 1.165) is 10.6 Å². The van der Waals surface area contributed by atoms with Gasteiger partial charge < -0.3 is 10.4 Å². The first-order valence-corrected chi connectivity index (χ1v) is 6.50. The third-order valence-electron chi connectivity index (χ3n) is 2.61. The lowest BCUT2D eigenvalue weighted by Crippen LogP contribution is -2.18. The number of hydrogen-bond acceptors (Lipinski definition) is 4. The summed E-state index contributed by atoms with van der Waals surface area (Å²) in [7, 11) is 0. The van der Waals surface area contributed by atoms with Gasteiger partial charge in [-0.2, -0.15) is 0 Å². The molecule has 0 aliphatic carbocycles. The second-order valence-electron chi connectivity index (χ2n) is 3.98. The number of aromatic carboxylic acids is 1. The Morgan fingerprint density at radius 1 is 1.56 bits per heavy atom. The van der Waals surface area contributed by atoms with Crippen LogP contribution in [0.2, 0.25) is 0 Å². The Morgan fingerprint density at radius 3 is 3.06 bits per heavy atom. The number of carboxylic acids is 1. The minimum Gasteiger partial charge on any atom is -0.478 e. The van der Waals surface area contributed by atoms with Crippen LogP contribution in [-0.2, 0) is 6.54 Å². The van der Waals surface area contributed by atoms with Crippen molar-refractivity contribution in [2.45, 2.75) is 19.5 Å². The van der Waals surface area contributed by atoms with E-state index < -0.39 is 5.97 Å². The Kier molecular flexibility index (Phi) is 4.07. The third kappa shape index (κ3) is 3.15. The molecule has 2 rings (SSSR count). The molecule has 2 aromatic rings. The zero-order valence-corrected chi connectivity index (χ0v) is 10.8. The molecule has 0 spiro atoms. The van der Waals surface area contributed by atoms with Crippen molar-refractivity contribution >= 4 is 17.3 Å². The van der Waals surface area contributed by atoms with Gasteiger partial charge in [0.15, 0.2) is 0 Å². The summed E-state index contributed by atoms with van der Waals surface area (Å²) in [4.78, 5) is 15.1. The number of thiazole rings is 1. The van der Waals surface area contributed by atoms with E-state index in [9.17, 15) is 4.79 Å². The van der Waals surface area contributed by atoms with Crippen LogP contribution in [0.25, 0.3) is 0 Å². The first kappa shape index (κ1) is 12.7. The maximum absolute atomic E-state index is 10.8. The average Bonchev–Trinajstić information content (AvgIpc) is 2.90. The maximum Gasteiger partial charge on any atom is 0.335 e. The van der Waals surface area contributed by atoms with E-state index in [1.165, 1.54) is 0 Å². The number of hydrogen-bond donors (Lipinski definition) is 2. The van der Waals surface area contributed by atoms with Gasteiger partial charge in [-0.15, -0.1) is 11.3 Å². The van der Waals surface area contributed by atoms with Crippen molar-refractivity contribution in [1.82, 2.24) is 10.3 Å². The molecule has 0 aliphatic heterocycles. The average molecular weight is 262 g/mol. The van der Waals surface area contributed by atoms with Crippen molar-refractivity contribution in [3.05, 3.63) is 52.0 Å². The van der Waals surface area contributed by atoms with Crippen LogP contribution < -0.4 is 5.32 Å². The van der Waals surface area contributed by atoms with Crippen molar-refractivity contribution in [3.63, 3.8) is 0 Å². The van der Waals surface area contributed by atoms with Gasteiger partial charge in [0.2, 0.25) is 0 Å². The van der Waals surface area contributed by atoms with Gasteiger partial charge in [-0.25, -0.2) is 9.78 Å². The fourth-order valence-corrected chi connectivity index (χ4v) is 2.29. The van der Waals surface area contributed by atoms with E-state index in [-0.39, 0.29) is 6.04 Å². The highest BCUT2D eigenvalue weighted by Crippen LogP contribution is 2.15. The third-order valence-corrected chi connectivity index (χ3v) is 3.57. The van der Waals surface area contributed by atoms with Crippen LogP contribution in [-0.4, -0.2) is 16.1 Å². The minimum atomic E-state index is -0.898. The SMILES string of the molecule is CC(NCc1cccc(C(=O)O)c1)c1nccs1. The number of carboxylic acid groups (broad SMARTS) is 1. The molecule has 1 heterocycles. The molecule has 94 valence electrons. The largest absolute Gasteiger partial charge is 0.478 e. The summed E-state index contributed by atoms with van der Waals surface area (Å²) in [5.74, 6) is -0.898. The summed E-state index contributed by atoms with van der Waals surface area (Å²) in [5.41, 5.74) is 1.27. The normalized spacial score (nSPS) is 12.3. The quantitative estimate of drug-likeness (QED) is 0.869. The smallest absolute Gasteiger partial charge is 0.335 e. The standard InChI is InChI=1S/C13H14N2O2S/c1-9(12-14-5-6-18-12)15-8-10-3-2-4-11(7-10)13(16)17/h2-7,9,15H,8H2,1H3,(H,16,17). The molecular weight excluding hydrogens is 248 g/mol. The summed E-state index contributed by atoms with van der Waals surface area (Å²) in [6, 6.07) is 7.11. The number of nitrogens with zero attached hydrogens (tertiary/aromatic N) is 1. The van der Waals surface area contributed by atoms with Crippen LogP contribution in [0, 0.1) is 0 Å². The second kappa shape index (κ2) is 5.75. The summed E-state index contributed by atoms with van der Waals surface area (Å²) in [5, 5.41) is 15.2. The van der Waals surface area contributed by atoms with E-state index in [4.69, 9.17) is 5.11 Å². The van der Waals surface area contributed by atoms with Crippen LogP contribution in [0.1, 0.15) is 33.9 Å². The molecule has 18 heavy (non-hydrogen) atoms. The molecular formula is C13H14N2O2S. The highest BCUT2D eigenvalue weighted by Gasteiger charge is 2.08. The lowest BCUT2D eigenvalue weighted by molar-refractivity contribution is 0.0696. The zero-order valence-electron chi connectivity index (χ0n) is 9.96. The Balaban J connectivity index is 1.98. The number of benzene rings is 1. The van der Waals surface area contributed by atoms with Crippen molar-refractivity contribution in [2.75, 3.05) is 0 Å². The van der Waals surface area contributed by atoms with Gasteiger partial charge in [0.1, 0.15) is 5.01 Å². The molecule has 1 atom stereocenters. The zero-order chi connectivity index (χ0) is 13.0. The first-order chi connectivity index (χ1) is 8.66. The molecule has 0 saturated carbocycles. The van der Waals surface area contributed by atoms with Crippen molar-refractivity contribution in [1.29, 1.82) is 0 Å². The van der Waals surface area contributed by atoms with Crippen LogP contribution in [0.15, 0.2) is 35.8 Å². The van der Waals surface area contributed by atoms with E-state index in [1.54, 1.807) is 35.7 Å². The fraction of sp³-hybridized carbons (Fsp3) is 0.231. The van der Waals surface area contributed by atoms with Gasteiger partial charge >= 0.3 is 5.97 Å². The summed E-state index contributed by atoms with van der Waals surface area (Å²) < 4.78 is 0. The number of aromatic nitrogens is 1. The Morgan fingerprint density at radius 2 is 2.39 bits per heavy atom. The molecule has 0 bridgehead atoms. The molecule has 5 heteroatoms. The van der Waals surface area contributed by atoms with E-state index in [0.29, 0.717) is 12.1 Å². The molecule has 2 N–H and O–H groups in total. The molecule has 1 aromatic heterocycles. The molecule has 0 amide bonds. The van der Waals surface area contributed by atoms with Crippen LogP contribution in [0.4, 0.5) is 0 Å². The van der Waals surface area contributed by atoms with Gasteiger partial charge in [-0.05, 0) is 24.6 Å². The predicted octanol–water partition coefficient (Wildman–Crippen LogP) is 2.69. The lowest BCUT2D eigenvalue weighted by Gasteiger charge is -2.11. The van der Waals surface area contributed by atoms with Gasteiger partial charge in [0.25, 0.3) is 0 Å². The highest BCUT2D eigenvalue weighted by atomic mass is 32.1. The van der Waals surface area contributed by atoms with E-state index in [2.05, 4.69) is 10.3 Å². The molecule has 0 saturated heterocycles. The van der Waals surface area contributed by atoms with Gasteiger partial charge in [0.05, 0.1) is 11.6 Å². The van der Waals surface area contributed by atoms with Gasteiger partial charge in [-0.1, -0.05) is 12.1 Å². The lowest BCUT2D eigenvalue weighted by atomic mass is 10.1. The Labute approximate surface area is 109 Å². The fourth-order valence-electron chi connectivity index (χ4n) is 1.62. The predicted molar refractivity (Wildman–Crippen MR) is 70.8 cm³/mol. The molecule has 1 aromatic carbocycles. The maximum atomic E-state index is 10.8. The number of nitrogens with one attached hydrogen (secondary N) is 1. The topological polar surface area (TPSA) is 62.2 Å². The molecule has 0 fully saturated rings. The van der Waals surface area contributed by atoms with E-state index in [1.807, 2.05) is 18.4 Å². The van der Waals surface area contributed by atoms with Gasteiger partial charge in [-0.3, -0.25) is 0 Å².